The monoisotopic (exact) mass is 740 g/mol. The molecule has 1 aliphatic carbocycles. The minimum absolute atomic E-state index is 0.536. The van der Waals surface area contributed by atoms with Gasteiger partial charge in [-0.05, 0) is 94.0 Å². The first kappa shape index (κ1) is 32.6. The van der Waals surface area contributed by atoms with Crippen LogP contribution in [0.3, 0.4) is 0 Å². The van der Waals surface area contributed by atoms with Crippen LogP contribution in [-0.4, -0.2) is 4.57 Å². The molecule has 12 rings (SSSR count). The topological polar surface area (TPSA) is 21.3 Å². The average Bonchev–Trinajstić information content (AvgIpc) is 3.94. The summed E-state index contributed by atoms with van der Waals surface area (Å²) in [7, 11) is 0. The lowest BCUT2D eigenvalue weighted by molar-refractivity contribution is 0.669. The Balaban J connectivity index is 1.18. The lowest BCUT2D eigenvalue weighted by Crippen LogP contribution is -2.28. The Morgan fingerprint density at radius 2 is 0.983 bits per heavy atom. The van der Waals surface area contributed by atoms with E-state index in [1.165, 1.54) is 49.7 Å². The Morgan fingerprint density at radius 1 is 0.397 bits per heavy atom. The number of furan rings is 1. The van der Waals surface area contributed by atoms with E-state index in [2.05, 4.69) is 222 Å². The van der Waals surface area contributed by atoms with Crippen LogP contribution < -0.4 is 4.90 Å². The average molecular weight is 741 g/mol. The van der Waals surface area contributed by atoms with Gasteiger partial charge in [0.25, 0.3) is 0 Å². The predicted octanol–water partition coefficient (Wildman–Crippen LogP) is 14.5. The van der Waals surface area contributed by atoms with Crippen LogP contribution >= 0.6 is 0 Å². The number of fused-ring (bicyclic) bond motifs is 9. The van der Waals surface area contributed by atoms with Crippen LogP contribution in [0.5, 0.6) is 0 Å². The van der Waals surface area contributed by atoms with Gasteiger partial charge in [-0.2, -0.15) is 0 Å². The highest BCUT2D eigenvalue weighted by Crippen LogP contribution is 2.57. The van der Waals surface area contributed by atoms with E-state index in [0.29, 0.717) is 0 Å². The minimum atomic E-state index is -0.536. The SMILES string of the molecule is c1ccc(-n2c3ccccc3c3cccc(N(c4cccc(C5(c6ccccc6)c6ccccc6-c6ccccc65)c4)c4ccc5oc6ccccc6c5c4)c32)cc1. The molecule has 3 heteroatoms. The molecule has 0 aliphatic heterocycles. The summed E-state index contributed by atoms with van der Waals surface area (Å²) in [5, 5.41) is 4.61. The third-order valence-electron chi connectivity index (χ3n) is 12.2. The zero-order valence-electron chi connectivity index (χ0n) is 31.6. The van der Waals surface area contributed by atoms with Crippen molar-refractivity contribution in [3.8, 4) is 16.8 Å². The molecule has 58 heavy (non-hydrogen) atoms. The molecule has 0 N–H and O–H groups in total. The number of aromatic nitrogens is 1. The molecule has 0 radical (unpaired) electrons. The Bertz CT molecular complexity index is 3310. The van der Waals surface area contributed by atoms with E-state index in [1.54, 1.807) is 0 Å². The second-order valence-electron chi connectivity index (χ2n) is 15.2. The first-order valence-corrected chi connectivity index (χ1v) is 19.9. The molecule has 11 aromatic rings. The van der Waals surface area contributed by atoms with Gasteiger partial charge in [-0.15, -0.1) is 0 Å². The van der Waals surface area contributed by atoms with Crippen molar-refractivity contribution in [1.29, 1.82) is 0 Å². The van der Waals surface area contributed by atoms with Crippen LogP contribution in [0.2, 0.25) is 0 Å². The molecule has 0 bridgehead atoms. The minimum Gasteiger partial charge on any atom is -0.456 e. The number of benzene rings is 9. The van der Waals surface area contributed by atoms with E-state index < -0.39 is 5.41 Å². The molecule has 0 unspecified atom stereocenters. The van der Waals surface area contributed by atoms with Crippen molar-refractivity contribution in [3.05, 3.63) is 241 Å². The van der Waals surface area contributed by atoms with Crippen molar-refractivity contribution in [2.45, 2.75) is 5.41 Å². The molecule has 3 nitrogen and oxygen atoms in total. The molecule has 9 aromatic carbocycles. The van der Waals surface area contributed by atoms with E-state index in [0.717, 1.165) is 50.2 Å². The van der Waals surface area contributed by atoms with Crippen LogP contribution in [-0.2, 0) is 5.41 Å². The first-order valence-electron chi connectivity index (χ1n) is 19.9. The summed E-state index contributed by atoms with van der Waals surface area (Å²) in [6.07, 6.45) is 0. The van der Waals surface area contributed by atoms with Gasteiger partial charge in [0.1, 0.15) is 11.2 Å². The normalized spacial score (nSPS) is 13.0. The highest BCUT2D eigenvalue weighted by molar-refractivity contribution is 6.15. The highest BCUT2D eigenvalue weighted by atomic mass is 16.3. The molecule has 272 valence electrons. The lowest BCUT2D eigenvalue weighted by Gasteiger charge is -2.35. The summed E-state index contributed by atoms with van der Waals surface area (Å²) in [5.74, 6) is 0. The first-order chi connectivity index (χ1) is 28.8. The second kappa shape index (κ2) is 12.7. The van der Waals surface area contributed by atoms with Gasteiger partial charge in [-0.1, -0.05) is 158 Å². The molecule has 0 spiro atoms. The van der Waals surface area contributed by atoms with Crippen molar-refractivity contribution in [2.24, 2.45) is 0 Å². The van der Waals surface area contributed by atoms with E-state index in [9.17, 15) is 0 Å². The maximum Gasteiger partial charge on any atom is 0.135 e. The second-order valence-corrected chi connectivity index (χ2v) is 15.2. The quantitative estimate of drug-likeness (QED) is 0.169. The lowest BCUT2D eigenvalue weighted by atomic mass is 9.67. The van der Waals surface area contributed by atoms with Gasteiger partial charge in [0.15, 0.2) is 0 Å². The van der Waals surface area contributed by atoms with Gasteiger partial charge in [0, 0.05) is 38.6 Å². The molecule has 2 heterocycles. The number of nitrogens with zero attached hydrogens (tertiary/aromatic N) is 2. The van der Waals surface area contributed by atoms with Gasteiger partial charge in [-0.25, -0.2) is 0 Å². The molecule has 0 amide bonds. The summed E-state index contributed by atoms with van der Waals surface area (Å²) in [5.41, 5.74) is 15.5. The largest absolute Gasteiger partial charge is 0.456 e. The van der Waals surface area contributed by atoms with E-state index in [1.807, 2.05) is 6.07 Å². The predicted molar refractivity (Wildman–Crippen MR) is 240 cm³/mol. The van der Waals surface area contributed by atoms with Crippen LogP contribution in [0.25, 0.3) is 60.6 Å². The third-order valence-corrected chi connectivity index (χ3v) is 12.2. The smallest absolute Gasteiger partial charge is 0.135 e. The van der Waals surface area contributed by atoms with E-state index in [4.69, 9.17) is 4.42 Å². The Labute approximate surface area is 336 Å². The Hall–Kier alpha value is -7.62. The van der Waals surface area contributed by atoms with Crippen molar-refractivity contribution in [1.82, 2.24) is 4.57 Å². The van der Waals surface area contributed by atoms with E-state index in [-0.39, 0.29) is 0 Å². The van der Waals surface area contributed by atoms with Crippen LogP contribution in [0, 0.1) is 0 Å². The molecule has 0 fully saturated rings. The summed E-state index contributed by atoms with van der Waals surface area (Å²) < 4.78 is 8.81. The number of para-hydroxylation sites is 4. The van der Waals surface area contributed by atoms with Gasteiger partial charge in [0.05, 0.1) is 22.1 Å². The van der Waals surface area contributed by atoms with Gasteiger partial charge >= 0.3 is 0 Å². The molecular formula is C55H36N2O. The van der Waals surface area contributed by atoms with Crippen molar-refractivity contribution in [2.75, 3.05) is 4.90 Å². The standard InChI is InChI=1S/C55H36N2O/c1-3-17-37(18-4-1)55(48-28-11-7-23-42(48)43-24-8-12-29-49(43)55)38-19-15-22-40(35-38)56(41-33-34-53-47(36-41)45-26-10-14-32-52(45)58-53)51-31-16-27-46-44-25-9-13-30-50(44)57(54(46)51)39-20-5-2-6-21-39/h1-36H. The van der Waals surface area contributed by atoms with Crippen molar-refractivity contribution in [3.63, 3.8) is 0 Å². The van der Waals surface area contributed by atoms with Gasteiger partial charge in [-0.3, -0.25) is 0 Å². The van der Waals surface area contributed by atoms with Crippen molar-refractivity contribution < 1.29 is 4.42 Å². The fourth-order valence-corrected chi connectivity index (χ4v) is 9.90. The maximum atomic E-state index is 6.38. The summed E-state index contributed by atoms with van der Waals surface area (Å²) in [6, 6.07) is 79.4. The zero-order valence-corrected chi connectivity index (χ0v) is 31.6. The number of anilines is 3. The van der Waals surface area contributed by atoms with E-state index >= 15 is 0 Å². The fourth-order valence-electron chi connectivity index (χ4n) is 9.90. The van der Waals surface area contributed by atoms with Crippen LogP contribution in [0.1, 0.15) is 22.3 Å². The molecule has 0 atom stereocenters. The van der Waals surface area contributed by atoms with Gasteiger partial charge < -0.3 is 13.9 Å². The number of hydrogen-bond donors (Lipinski definition) is 0. The zero-order chi connectivity index (χ0) is 38.2. The van der Waals surface area contributed by atoms with Crippen molar-refractivity contribution >= 4 is 60.8 Å². The number of hydrogen-bond acceptors (Lipinski definition) is 2. The Morgan fingerprint density at radius 3 is 1.78 bits per heavy atom. The molecule has 1 aliphatic rings. The summed E-state index contributed by atoms with van der Waals surface area (Å²) in [6.45, 7) is 0. The number of rotatable bonds is 6. The summed E-state index contributed by atoms with van der Waals surface area (Å²) >= 11 is 0. The van der Waals surface area contributed by atoms with Crippen LogP contribution in [0.15, 0.2) is 223 Å². The Kier molecular flexibility index (Phi) is 7.14. The maximum absolute atomic E-state index is 6.38. The highest BCUT2D eigenvalue weighted by Gasteiger charge is 2.46. The molecular weight excluding hydrogens is 705 g/mol. The summed E-state index contributed by atoms with van der Waals surface area (Å²) in [4.78, 5) is 2.46. The fraction of sp³-hybridized carbons (Fsp3) is 0.0182. The third kappa shape index (κ3) is 4.62. The molecule has 0 saturated carbocycles. The molecule has 0 saturated heterocycles. The molecule has 2 aromatic heterocycles. The van der Waals surface area contributed by atoms with Gasteiger partial charge in [0.2, 0.25) is 0 Å². The van der Waals surface area contributed by atoms with Crippen LogP contribution in [0.4, 0.5) is 17.1 Å².